The van der Waals surface area contributed by atoms with Gasteiger partial charge in [-0.25, -0.2) is 9.50 Å². The van der Waals surface area contributed by atoms with Gasteiger partial charge in [-0.15, -0.1) is 5.10 Å². The molecule has 1 fully saturated rings. The van der Waals surface area contributed by atoms with Crippen LogP contribution >= 0.6 is 0 Å². The molecule has 31 heavy (non-hydrogen) atoms. The van der Waals surface area contributed by atoms with Gasteiger partial charge in [-0.05, 0) is 55.5 Å². The minimum atomic E-state index is 0.334. The molecule has 0 saturated heterocycles. The molecule has 1 N–H and O–H groups in total. The summed E-state index contributed by atoms with van der Waals surface area (Å²) >= 11 is 0. The van der Waals surface area contributed by atoms with E-state index in [1.165, 1.54) is 0 Å². The van der Waals surface area contributed by atoms with Gasteiger partial charge in [0.05, 0.1) is 36.5 Å². The highest BCUT2D eigenvalue weighted by molar-refractivity contribution is 5.88. The van der Waals surface area contributed by atoms with E-state index in [1.54, 1.807) is 7.11 Å². The van der Waals surface area contributed by atoms with Crippen LogP contribution in [0.15, 0.2) is 55.0 Å². The van der Waals surface area contributed by atoms with Crippen LogP contribution in [-0.2, 0) is 9.47 Å². The number of ether oxygens (including phenoxy) is 2. The van der Waals surface area contributed by atoms with E-state index in [0.29, 0.717) is 31.3 Å². The number of hydrogen-bond acceptors (Lipinski definition) is 6. The molecule has 0 amide bonds. The highest BCUT2D eigenvalue weighted by atomic mass is 16.5. The van der Waals surface area contributed by atoms with Gasteiger partial charge in [0.1, 0.15) is 0 Å². The van der Waals surface area contributed by atoms with Crippen molar-refractivity contribution in [2.75, 3.05) is 25.6 Å². The topological polar surface area (TPSA) is 73.6 Å². The van der Waals surface area contributed by atoms with E-state index in [4.69, 9.17) is 14.6 Å². The van der Waals surface area contributed by atoms with Crippen molar-refractivity contribution in [3.63, 3.8) is 0 Å². The third-order valence-electron chi connectivity index (χ3n) is 5.98. The minimum Gasteiger partial charge on any atom is -0.382 e. The Morgan fingerprint density at radius 3 is 2.84 bits per heavy atom. The van der Waals surface area contributed by atoms with Crippen LogP contribution in [0.3, 0.4) is 0 Å². The Balaban J connectivity index is 1.27. The fourth-order valence-corrected chi connectivity index (χ4v) is 4.31. The standard InChI is InChI=1S/C24H27N5O2/c1-30-13-14-31-20-7-5-19(6-8-20)27-24-26-16-23-21(10-12-29(23)28-24)17-4-9-22-18(15-17)3-2-11-25-22/h2-4,9-12,15-16,19-20H,5-8,13-14H2,1H3,(H,27,28). The van der Waals surface area contributed by atoms with Crippen molar-refractivity contribution in [2.24, 2.45) is 0 Å². The van der Waals surface area contributed by atoms with Crippen molar-refractivity contribution in [3.05, 3.63) is 55.0 Å². The molecule has 1 aromatic carbocycles. The number of nitrogens with zero attached hydrogens (tertiary/aromatic N) is 4. The summed E-state index contributed by atoms with van der Waals surface area (Å²) in [6.45, 7) is 1.32. The molecule has 0 spiro atoms. The SMILES string of the molecule is COCCOC1CCC(Nc2ncc3c(-c4ccc5ncccc5c4)ccn3n2)CC1. The molecule has 7 nitrogen and oxygen atoms in total. The van der Waals surface area contributed by atoms with Gasteiger partial charge in [0, 0.05) is 36.5 Å². The van der Waals surface area contributed by atoms with Crippen molar-refractivity contribution in [1.82, 2.24) is 19.6 Å². The van der Waals surface area contributed by atoms with Gasteiger partial charge in [-0.3, -0.25) is 4.98 Å². The van der Waals surface area contributed by atoms with Gasteiger partial charge in [0.15, 0.2) is 0 Å². The summed E-state index contributed by atoms with van der Waals surface area (Å²) in [6, 6.07) is 12.8. The third-order valence-corrected chi connectivity index (χ3v) is 5.98. The van der Waals surface area contributed by atoms with Crippen molar-refractivity contribution < 1.29 is 9.47 Å². The first-order valence-corrected chi connectivity index (χ1v) is 10.9. The lowest BCUT2D eigenvalue weighted by Crippen LogP contribution is -2.31. The zero-order chi connectivity index (χ0) is 21.0. The van der Waals surface area contributed by atoms with Crippen LogP contribution in [-0.4, -0.2) is 52.1 Å². The van der Waals surface area contributed by atoms with Crippen molar-refractivity contribution in [3.8, 4) is 11.1 Å². The average Bonchev–Trinajstić information content (AvgIpc) is 3.23. The lowest BCUT2D eigenvalue weighted by atomic mass is 9.93. The molecule has 160 valence electrons. The lowest BCUT2D eigenvalue weighted by Gasteiger charge is -2.29. The molecule has 4 aromatic rings. The highest BCUT2D eigenvalue weighted by Crippen LogP contribution is 2.28. The molecule has 1 aliphatic rings. The van der Waals surface area contributed by atoms with E-state index in [-0.39, 0.29) is 0 Å². The number of benzene rings is 1. The Hall–Kier alpha value is -3.03. The van der Waals surface area contributed by atoms with Gasteiger partial charge >= 0.3 is 0 Å². The lowest BCUT2D eigenvalue weighted by molar-refractivity contribution is -0.00158. The van der Waals surface area contributed by atoms with Crippen LogP contribution in [0.2, 0.25) is 0 Å². The second-order valence-electron chi connectivity index (χ2n) is 8.03. The summed E-state index contributed by atoms with van der Waals surface area (Å²) in [5.41, 5.74) is 4.24. The molecule has 0 atom stereocenters. The second-order valence-corrected chi connectivity index (χ2v) is 8.03. The third kappa shape index (κ3) is 4.38. The fraction of sp³-hybridized carbons (Fsp3) is 0.375. The maximum Gasteiger partial charge on any atom is 0.241 e. The van der Waals surface area contributed by atoms with E-state index in [2.05, 4.69) is 45.6 Å². The van der Waals surface area contributed by atoms with Gasteiger partial charge in [-0.1, -0.05) is 12.1 Å². The predicted octanol–water partition coefficient (Wildman–Crippen LogP) is 4.33. The Labute approximate surface area is 181 Å². The molecule has 3 heterocycles. The Kier molecular flexibility index (Phi) is 5.78. The Bertz CT molecular complexity index is 1170. The first kappa shape index (κ1) is 19.9. The smallest absolute Gasteiger partial charge is 0.241 e. The summed E-state index contributed by atoms with van der Waals surface area (Å²) < 4.78 is 12.8. The summed E-state index contributed by atoms with van der Waals surface area (Å²) in [4.78, 5) is 9.00. The van der Waals surface area contributed by atoms with Gasteiger partial charge in [0.2, 0.25) is 5.95 Å². The van der Waals surface area contributed by atoms with Crippen molar-refractivity contribution >= 4 is 22.4 Å². The number of methoxy groups -OCH3 is 1. The van der Waals surface area contributed by atoms with Crippen LogP contribution in [0.1, 0.15) is 25.7 Å². The fourth-order valence-electron chi connectivity index (χ4n) is 4.31. The summed E-state index contributed by atoms with van der Waals surface area (Å²) in [7, 11) is 1.70. The zero-order valence-electron chi connectivity index (χ0n) is 17.7. The van der Waals surface area contributed by atoms with Gasteiger partial charge < -0.3 is 14.8 Å². The zero-order valence-corrected chi connectivity index (χ0v) is 17.7. The number of hydrogen-bond donors (Lipinski definition) is 1. The number of rotatable bonds is 7. The van der Waals surface area contributed by atoms with Gasteiger partial charge in [-0.2, -0.15) is 0 Å². The number of anilines is 1. The van der Waals surface area contributed by atoms with Crippen LogP contribution < -0.4 is 5.32 Å². The van der Waals surface area contributed by atoms with Crippen molar-refractivity contribution in [2.45, 2.75) is 37.8 Å². The Morgan fingerprint density at radius 2 is 1.97 bits per heavy atom. The molecule has 0 bridgehead atoms. The minimum absolute atomic E-state index is 0.334. The molecule has 1 aliphatic carbocycles. The molecule has 7 heteroatoms. The molecule has 0 aliphatic heterocycles. The number of pyridine rings is 1. The molecule has 3 aromatic heterocycles. The van der Waals surface area contributed by atoms with E-state index in [9.17, 15) is 0 Å². The molecule has 1 saturated carbocycles. The monoisotopic (exact) mass is 417 g/mol. The first-order valence-electron chi connectivity index (χ1n) is 10.9. The normalized spacial score (nSPS) is 19.1. The van der Waals surface area contributed by atoms with Crippen LogP contribution in [0.25, 0.3) is 27.5 Å². The van der Waals surface area contributed by atoms with E-state index >= 15 is 0 Å². The predicted molar refractivity (Wildman–Crippen MR) is 121 cm³/mol. The largest absolute Gasteiger partial charge is 0.382 e. The summed E-state index contributed by atoms with van der Waals surface area (Å²) in [5.74, 6) is 0.668. The van der Waals surface area contributed by atoms with Gasteiger partial charge in [0.25, 0.3) is 0 Å². The maximum absolute atomic E-state index is 5.86. The maximum atomic E-state index is 5.86. The van der Waals surface area contributed by atoms with E-state index in [1.807, 2.05) is 29.2 Å². The Morgan fingerprint density at radius 1 is 1.06 bits per heavy atom. The molecular formula is C24H27N5O2. The summed E-state index contributed by atoms with van der Waals surface area (Å²) in [5, 5.41) is 9.32. The molecule has 0 radical (unpaired) electrons. The first-order chi connectivity index (χ1) is 15.3. The van der Waals surface area contributed by atoms with Crippen LogP contribution in [0.5, 0.6) is 0 Å². The molecule has 0 unspecified atom stereocenters. The average molecular weight is 418 g/mol. The number of aromatic nitrogens is 4. The number of fused-ring (bicyclic) bond motifs is 2. The van der Waals surface area contributed by atoms with Crippen LogP contribution in [0.4, 0.5) is 5.95 Å². The van der Waals surface area contributed by atoms with Crippen LogP contribution in [0, 0.1) is 0 Å². The molecular weight excluding hydrogens is 390 g/mol. The van der Waals surface area contributed by atoms with E-state index in [0.717, 1.165) is 53.2 Å². The summed E-state index contributed by atoms with van der Waals surface area (Å²) in [6.07, 6.45) is 10.3. The quantitative estimate of drug-likeness (QED) is 0.451. The van der Waals surface area contributed by atoms with E-state index < -0.39 is 0 Å². The number of nitrogens with one attached hydrogen (secondary N) is 1. The second kappa shape index (κ2) is 8.99. The van der Waals surface area contributed by atoms with Crippen molar-refractivity contribution in [1.29, 1.82) is 0 Å². The highest BCUT2D eigenvalue weighted by Gasteiger charge is 2.22. The molecule has 5 rings (SSSR count).